The SMILES string of the molecule is Cc1c(-c2cn(C)c(=O)c(Nc3ccc(C4NCCN(C)C4=O)cc3)n2)cccc1N1Cc2cc(C(C)(C)C)sc2C1=O. The summed E-state index contributed by atoms with van der Waals surface area (Å²) in [5, 5.41) is 6.44. The Kier molecular flexibility index (Phi) is 7.22. The van der Waals surface area contributed by atoms with E-state index in [-0.39, 0.29) is 34.6 Å². The Balaban J connectivity index is 1.27. The van der Waals surface area contributed by atoms with E-state index in [4.69, 9.17) is 4.98 Å². The zero-order valence-electron chi connectivity index (χ0n) is 25.3. The van der Waals surface area contributed by atoms with Crippen molar-refractivity contribution in [1.82, 2.24) is 19.8 Å². The average molecular weight is 597 g/mol. The second-order valence-corrected chi connectivity index (χ2v) is 13.4. The highest BCUT2D eigenvalue weighted by molar-refractivity contribution is 7.14. The van der Waals surface area contributed by atoms with E-state index in [1.54, 1.807) is 29.5 Å². The highest BCUT2D eigenvalue weighted by Gasteiger charge is 2.34. The van der Waals surface area contributed by atoms with Gasteiger partial charge in [0.05, 0.1) is 17.1 Å². The molecule has 4 aromatic rings. The molecule has 222 valence electrons. The maximum Gasteiger partial charge on any atom is 0.293 e. The van der Waals surface area contributed by atoms with Crippen molar-refractivity contribution in [2.75, 3.05) is 30.4 Å². The molecule has 0 spiro atoms. The second kappa shape index (κ2) is 10.8. The monoisotopic (exact) mass is 596 g/mol. The Morgan fingerprint density at radius 2 is 1.79 bits per heavy atom. The van der Waals surface area contributed by atoms with E-state index in [0.717, 1.165) is 39.4 Å². The van der Waals surface area contributed by atoms with E-state index in [0.29, 0.717) is 24.5 Å². The van der Waals surface area contributed by atoms with Crippen LogP contribution in [0, 0.1) is 6.92 Å². The summed E-state index contributed by atoms with van der Waals surface area (Å²) < 4.78 is 1.51. The Morgan fingerprint density at radius 3 is 2.49 bits per heavy atom. The van der Waals surface area contributed by atoms with Gasteiger partial charge >= 0.3 is 0 Å². The van der Waals surface area contributed by atoms with Crippen LogP contribution < -0.4 is 21.1 Å². The smallest absolute Gasteiger partial charge is 0.293 e. The van der Waals surface area contributed by atoms with Gasteiger partial charge < -0.3 is 25.0 Å². The van der Waals surface area contributed by atoms with Gasteiger partial charge in [0.2, 0.25) is 5.91 Å². The van der Waals surface area contributed by atoms with E-state index in [9.17, 15) is 14.4 Å². The molecule has 0 bridgehead atoms. The summed E-state index contributed by atoms with van der Waals surface area (Å²) in [6.45, 7) is 10.4. The molecule has 2 amide bonds. The molecule has 1 saturated heterocycles. The van der Waals surface area contributed by atoms with Crippen molar-refractivity contribution in [2.45, 2.75) is 45.7 Å². The number of amides is 2. The molecule has 2 N–H and O–H groups in total. The topological polar surface area (TPSA) is 99.6 Å². The Bertz CT molecular complexity index is 1800. The summed E-state index contributed by atoms with van der Waals surface area (Å²) in [5.74, 6) is 0.249. The summed E-state index contributed by atoms with van der Waals surface area (Å²) in [5.41, 5.74) is 5.58. The molecule has 2 aromatic heterocycles. The number of nitrogens with one attached hydrogen (secondary N) is 2. The molecular weight excluding hydrogens is 560 g/mol. The van der Waals surface area contributed by atoms with Crippen LogP contribution in [0.1, 0.15) is 58.1 Å². The highest BCUT2D eigenvalue weighted by atomic mass is 32.1. The molecule has 0 saturated carbocycles. The quantitative estimate of drug-likeness (QED) is 0.332. The second-order valence-electron chi connectivity index (χ2n) is 12.3. The Morgan fingerprint density at radius 1 is 1.05 bits per heavy atom. The summed E-state index contributed by atoms with van der Waals surface area (Å²) in [7, 11) is 3.51. The lowest BCUT2D eigenvalue weighted by Gasteiger charge is -2.30. The number of likely N-dealkylation sites (N-methyl/N-ethyl adjacent to an activating group) is 1. The van der Waals surface area contributed by atoms with Crippen molar-refractivity contribution < 1.29 is 9.59 Å². The van der Waals surface area contributed by atoms with Crippen LogP contribution in [0.5, 0.6) is 0 Å². The van der Waals surface area contributed by atoms with Crippen LogP contribution in [0.15, 0.2) is 59.5 Å². The number of thiophene rings is 1. The van der Waals surface area contributed by atoms with Crippen LogP contribution in [0.3, 0.4) is 0 Å². The Hall–Kier alpha value is -4.28. The first-order chi connectivity index (χ1) is 20.4. The number of piperazine rings is 1. The van der Waals surface area contributed by atoms with Crippen LogP contribution >= 0.6 is 11.3 Å². The first-order valence-electron chi connectivity index (χ1n) is 14.4. The first-order valence-corrected chi connectivity index (χ1v) is 15.2. The van der Waals surface area contributed by atoms with Gasteiger partial charge in [0.1, 0.15) is 6.04 Å². The number of hydrogen-bond acceptors (Lipinski definition) is 7. The van der Waals surface area contributed by atoms with Gasteiger partial charge in [-0.3, -0.25) is 14.4 Å². The van der Waals surface area contributed by atoms with Crippen LogP contribution in [0.25, 0.3) is 11.3 Å². The molecule has 1 atom stereocenters. The van der Waals surface area contributed by atoms with Crippen LogP contribution in [0.4, 0.5) is 17.2 Å². The molecule has 1 unspecified atom stereocenters. The minimum absolute atomic E-state index is 0.00131. The summed E-state index contributed by atoms with van der Waals surface area (Å²) in [4.78, 5) is 49.5. The zero-order chi connectivity index (χ0) is 30.6. The number of aryl methyl sites for hydroxylation is 1. The molecule has 1 fully saturated rings. The van der Waals surface area contributed by atoms with E-state index in [2.05, 4.69) is 37.5 Å². The lowest BCUT2D eigenvalue weighted by atomic mass is 9.94. The molecule has 2 aromatic carbocycles. The normalized spacial score (nSPS) is 17.0. The van der Waals surface area contributed by atoms with Crippen LogP contribution in [0.2, 0.25) is 0 Å². The van der Waals surface area contributed by atoms with Crippen molar-refractivity contribution in [1.29, 1.82) is 0 Å². The summed E-state index contributed by atoms with van der Waals surface area (Å²) in [6.07, 6.45) is 1.72. The third-order valence-electron chi connectivity index (χ3n) is 8.18. The number of hydrogen-bond donors (Lipinski definition) is 2. The maximum absolute atomic E-state index is 13.5. The van der Waals surface area contributed by atoms with Gasteiger partial charge in [-0.05, 0) is 53.3 Å². The number of aromatic nitrogens is 2. The zero-order valence-corrected chi connectivity index (χ0v) is 26.1. The molecule has 0 radical (unpaired) electrons. The predicted molar refractivity (Wildman–Crippen MR) is 171 cm³/mol. The fraction of sp³-hybridized carbons (Fsp3) is 0.333. The Labute approximate surface area is 255 Å². The van der Waals surface area contributed by atoms with Gasteiger partial charge in [-0.25, -0.2) is 4.98 Å². The van der Waals surface area contributed by atoms with Gasteiger partial charge in [-0.2, -0.15) is 0 Å². The summed E-state index contributed by atoms with van der Waals surface area (Å²) >= 11 is 1.59. The average Bonchev–Trinajstić information content (AvgIpc) is 3.53. The van der Waals surface area contributed by atoms with Crippen molar-refractivity contribution in [3.05, 3.63) is 91.5 Å². The van der Waals surface area contributed by atoms with E-state index in [1.807, 2.05) is 61.3 Å². The van der Waals surface area contributed by atoms with E-state index in [1.165, 1.54) is 9.44 Å². The number of nitrogens with zero attached hydrogens (tertiary/aromatic N) is 4. The number of anilines is 3. The molecule has 0 aliphatic carbocycles. The van der Waals surface area contributed by atoms with Gasteiger partial charge in [0.15, 0.2) is 5.82 Å². The van der Waals surface area contributed by atoms with Crippen molar-refractivity contribution in [3.8, 4) is 11.3 Å². The van der Waals surface area contributed by atoms with Crippen molar-refractivity contribution in [2.24, 2.45) is 7.05 Å². The fourth-order valence-corrected chi connectivity index (χ4v) is 6.80. The van der Waals surface area contributed by atoms with Gasteiger partial charge in [0, 0.05) is 55.2 Å². The first kappa shape index (κ1) is 28.8. The molecular formula is C33H36N6O3S. The third kappa shape index (κ3) is 5.25. The van der Waals surface area contributed by atoms with Crippen molar-refractivity contribution in [3.63, 3.8) is 0 Å². The minimum Gasteiger partial charge on any atom is -0.343 e. The number of benzene rings is 2. The molecule has 2 aliphatic heterocycles. The molecule has 43 heavy (non-hydrogen) atoms. The van der Waals surface area contributed by atoms with Crippen LogP contribution in [-0.2, 0) is 23.8 Å². The summed E-state index contributed by atoms with van der Waals surface area (Å²) in [6, 6.07) is 15.1. The number of carbonyl (C=O) groups is 2. The molecule has 10 heteroatoms. The standard InChI is InChI=1S/C33H36N6O3S/c1-19-23(8-7-9-25(19)39-17-21-16-26(33(2,3)4)43-28(21)31(39)41)24-18-38(6)32(42)29(36-24)35-22-12-10-20(11-13-22)27-30(40)37(5)15-14-34-27/h7-13,16,18,27,34H,14-15,17H2,1-6H3,(H,35,36). The molecule has 9 nitrogen and oxygen atoms in total. The maximum atomic E-state index is 13.5. The molecule has 4 heterocycles. The minimum atomic E-state index is -0.383. The number of rotatable bonds is 5. The van der Waals surface area contributed by atoms with E-state index < -0.39 is 0 Å². The molecule has 2 aliphatic rings. The van der Waals surface area contributed by atoms with Crippen LogP contribution in [-0.4, -0.2) is 46.4 Å². The highest BCUT2D eigenvalue weighted by Crippen LogP contribution is 2.40. The lowest BCUT2D eigenvalue weighted by Crippen LogP contribution is -2.48. The fourth-order valence-electron chi connectivity index (χ4n) is 5.62. The predicted octanol–water partition coefficient (Wildman–Crippen LogP) is 5.12. The third-order valence-corrected chi connectivity index (χ3v) is 9.78. The molecule has 6 rings (SSSR count). The largest absolute Gasteiger partial charge is 0.343 e. The van der Waals surface area contributed by atoms with Crippen molar-refractivity contribution >= 4 is 40.3 Å². The van der Waals surface area contributed by atoms with Gasteiger partial charge in [0.25, 0.3) is 11.5 Å². The van der Waals surface area contributed by atoms with Gasteiger partial charge in [-0.15, -0.1) is 11.3 Å². The van der Waals surface area contributed by atoms with Gasteiger partial charge in [-0.1, -0.05) is 45.0 Å². The lowest BCUT2D eigenvalue weighted by molar-refractivity contribution is -0.134. The number of fused-ring (bicyclic) bond motifs is 1. The van der Waals surface area contributed by atoms with E-state index >= 15 is 0 Å². The number of carbonyl (C=O) groups excluding carboxylic acids is 2.